The fourth-order valence-corrected chi connectivity index (χ4v) is 6.74. The minimum Gasteiger partial charge on any atom is -0.365 e. The molecule has 0 radical (unpaired) electrons. The van der Waals surface area contributed by atoms with Gasteiger partial charge in [0.2, 0.25) is 17.7 Å². The Hall–Kier alpha value is -1.73. The van der Waals surface area contributed by atoms with Crippen LogP contribution < -0.4 is 5.32 Å². The summed E-state index contributed by atoms with van der Waals surface area (Å²) in [7, 11) is 0. The summed E-state index contributed by atoms with van der Waals surface area (Å²) < 4.78 is 5.64. The molecule has 26 heavy (non-hydrogen) atoms. The van der Waals surface area contributed by atoms with Crippen LogP contribution >= 0.6 is 0 Å². The zero-order chi connectivity index (χ0) is 17.6. The van der Waals surface area contributed by atoms with Crippen LogP contribution in [0.5, 0.6) is 0 Å². The molecule has 5 saturated heterocycles. The Morgan fingerprint density at radius 2 is 1.73 bits per heavy atom. The third-order valence-electron chi connectivity index (χ3n) is 7.29. The molecule has 7 rings (SSSR count). The Bertz CT molecular complexity index is 682. The van der Waals surface area contributed by atoms with Crippen molar-refractivity contribution < 1.29 is 19.1 Å². The smallest absolute Gasteiger partial charge is 0.240 e. The highest BCUT2D eigenvalue weighted by atomic mass is 16.5. The molecule has 0 aromatic rings. The first-order valence-corrected chi connectivity index (χ1v) is 9.74. The molecule has 0 aromatic carbocycles. The van der Waals surface area contributed by atoms with Crippen molar-refractivity contribution in [3.63, 3.8) is 0 Å². The molecule has 1 aliphatic carbocycles. The van der Waals surface area contributed by atoms with Crippen molar-refractivity contribution in [3.8, 4) is 0 Å². The first-order chi connectivity index (χ1) is 12.5. The lowest BCUT2D eigenvalue weighted by atomic mass is 9.64. The van der Waals surface area contributed by atoms with Crippen molar-refractivity contribution in [3.05, 3.63) is 12.2 Å². The molecule has 1 N–H and O–H groups in total. The Labute approximate surface area is 151 Å². The van der Waals surface area contributed by atoms with Gasteiger partial charge in [-0.05, 0) is 31.1 Å². The van der Waals surface area contributed by atoms with Gasteiger partial charge in [-0.2, -0.15) is 0 Å². The van der Waals surface area contributed by atoms with E-state index >= 15 is 0 Å². The molecule has 1 saturated carbocycles. The highest BCUT2D eigenvalue weighted by Gasteiger charge is 2.61. The van der Waals surface area contributed by atoms with Gasteiger partial charge in [-0.15, -0.1) is 0 Å². The Morgan fingerprint density at radius 1 is 1.12 bits per heavy atom. The number of carbonyl (C=O) groups excluding carboxylic acids is 3. The van der Waals surface area contributed by atoms with Crippen molar-refractivity contribution in [2.24, 2.45) is 23.7 Å². The van der Waals surface area contributed by atoms with Gasteiger partial charge in [0.25, 0.3) is 0 Å². The molecule has 6 bridgehead atoms. The van der Waals surface area contributed by atoms with Crippen LogP contribution in [0.2, 0.25) is 0 Å². The largest absolute Gasteiger partial charge is 0.365 e. The van der Waals surface area contributed by atoms with E-state index in [1.165, 1.54) is 11.3 Å². The van der Waals surface area contributed by atoms with Gasteiger partial charge in [0, 0.05) is 19.6 Å². The molecule has 138 valence electrons. The molecule has 7 heteroatoms. The maximum absolute atomic E-state index is 12.8. The van der Waals surface area contributed by atoms with E-state index in [2.05, 4.69) is 10.2 Å². The van der Waals surface area contributed by atoms with Gasteiger partial charge >= 0.3 is 0 Å². The summed E-state index contributed by atoms with van der Waals surface area (Å²) in [5, 5.41) is 3.22. The fourth-order valence-electron chi connectivity index (χ4n) is 6.74. The van der Waals surface area contributed by atoms with E-state index in [0.29, 0.717) is 11.8 Å². The third kappa shape index (κ3) is 1.98. The number of fused-ring (bicyclic) bond motifs is 5. The van der Waals surface area contributed by atoms with Crippen LogP contribution in [0.25, 0.3) is 0 Å². The summed E-state index contributed by atoms with van der Waals surface area (Å²) in [6, 6.07) is 0. The number of amides is 3. The SMILES string of the molecule is O=C(CN1C(=O)C2C3C=CC(O3)C2C1=O)NC12CC3CC(CN(C3)C1)C2. The topological polar surface area (TPSA) is 78.9 Å². The summed E-state index contributed by atoms with van der Waals surface area (Å²) in [6.45, 7) is 3.05. The number of hydrogen-bond acceptors (Lipinski definition) is 5. The molecule has 0 spiro atoms. The van der Waals surface area contributed by atoms with Gasteiger partial charge in [0.1, 0.15) is 6.54 Å². The minimum atomic E-state index is -0.434. The molecule has 7 aliphatic rings. The lowest BCUT2D eigenvalue weighted by molar-refractivity contribution is -0.147. The highest BCUT2D eigenvalue weighted by Crippen LogP contribution is 2.46. The number of piperidine rings is 3. The first kappa shape index (κ1) is 15.3. The fraction of sp³-hybridized carbons (Fsp3) is 0.737. The summed E-state index contributed by atoms with van der Waals surface area (Å²) in [5.74, 6) is -0.222. The number of imide groups is 1. The number of nitrogens with one attached hydrogen (secondary N) is 1. The van der Waals surface area contributed by atoms with Gasteiger partial charge in [0.05, 0.1) is 29.6 Å². The number of ether oxygens (including phenoxy) is 1. The molecule has 6 aliphatic heterocycles. The normalized spacial score (nSPS) is 50.0. The standard InChI is InChI=1S/C19H23N3O4/c23-14(20-19-4-10-3-11(5-19)7-21(6-10)9-19)8-22-17(24)15-12-1-2-13(26-12)16(15)18(22)25/h1-2,10-13,15-16H,3-9H2,(H,20,23). The monoisotopic (exact) mass is 357 g/mol. The van der Waals surface area contributed by atoms with Crippen LogP contribution in [-0.4, -0.2) is 71.4 Å². The number of nitrogens with zero attached hydrogens (tertiary/aromatic N) is 2. The Morgan fingerprint density at radius 3 is 2.31 bits per heavy atom. The van der Waals surface area contributed by atoms with Crippen molar-refractivity contribution in [1.29, 1.82) is 0 Å². The molecule has 6 atom stereocenters. The van der Waals surface area contributed by atoms with Crippen molar-refractivity contribution in [1.82, 2.24) is 15.1 Å². The molecule has 0 aromatic heterocycles. The second kappa shape index (κ2) is 4.95. The Balaban J connectivity index is 1.17. The van der Waals surface area contributed by atoms with Crippen LogP contribution in [0.15, 0.2) is 12.2 Å². The quantitative estimate of drug-likeness (QED) is 0.546. The van der Waals surface area contributed by atoms with Crippen molar-refractivity contribution in [2.45, 2.75) is 37.0 Å². The molecule has 6 fully saturated rings. The number of hydrogen-bond donors (Lipinski definition) is 1. The van der Waals surface area contributed by atoms with Crippen LogP contribution in [0.3, 0.4) is 0 Å². The third-order valence-corrected chi connectivity index (χ3v) is 7.29. The maximum atomic E-state index is 12.8. The summed E-state index contributed by atoms with van der Waals surface area (Å²) in [4.78, 5) is 41.8. The second-order valence-corrected chi connectivity index (χ2v) is 9.16. The Kier molecular flexibility index (Phi) is 2.92. The molecule has 6 unspecified atom stereocenters. The van der Waals surface area contributed by atoms with Gasteiger partial charge < -0.3 is 15.0 Å². The van der Waals surface area contributed by atoms with Crippen LogP contribution in [-0.2, 0) is 19.1 Å². The number of carbonyl (C=O) groups is 3. The average molecular weight is 357 g/mol. The van der Waals surface area contributed by atoms with E-state index in [4.69, 9.17) is 4.74 Å². The second-order valence-electron chi connectivity index (χ2n) is 9.16. The zero-order valence-corrected chi connectivity index (χ0v) is 14.6. The van der Waals surface area contributed by atoms with Crippen LogP contribution in [0, 0.1) is 23.7 Å². The van der Waals surface area contributed by atoms with Gasteiger partial charge in [-0.1, -0.05) is 12.2 Å². The van der Waals surface area contributed by atoms with E-state index in [9.17, 15) is 14.4 Å². The molecule has 6 heterocycles. The van der Waals surface area contributed by atoms with E-state index in [0.717, 1.165) is 32.5 Å². The van der Waals surface area contributed by atoms with Gasteiger partial charge in [-0.3, -0.25) is 19.3 Å². The number of rotatable bonds is 3. The van der Waals surface area contributed by atoms with Gasteiger partial charge in [-0.25, -0.2) is 0 Å². The summed E-state index contributed by atoms with van der Waals surface area (Å²) in [5.41, 5.74) is -0.160. The van der Waals surface area contributed by atoms with Gasteiger partial charge in [0.15, 0.2) is 0 Å². The summed E-state index contributed by atoms with van der Waals surface area (Å²) >= 11 is 0. The van der Waals surface area contributed by atoms with Crippen LogP contribution in [0.4, 0.5) is 0 Å². The summed E-state index contributed by atoms with van der Waals surface area (Å²) in [6.07, 6.45) is 6.46. The highest BCUT2D eigenvalue weighted by molar-refractivity contribution is 6.08. The molecule has 7 nitrogen and oxygen atoms in total. The molecule has 3 amide bonds. The average Bonchev–Trinajstić information content (AvgIpc) is 3.23. The lowest BCUT2D eigenvalue weighted by Gasteiger charge is -2.58. The predicted molar refractivity (Wildman–Crippen MR) is 89.6 cm³/mol. The first-order valence-electron chi connectivity index (χ1n) is 9.74. The van der Waals surface area contributed by atoms with E-state index in [-0.39, 0.29) is 42.0 Å². The lowest BCUT2D eigenvalue weighted by Crippen LogP contribution is -2.69. The number of likely N-dealkylation sites (tertiary alicyclic amines) is 1. The molecular formula is C19H23N3O4. The van der Waals surface area contributed by atoms with Crippen LogP contribution in [0.1, 0.15) is 19.3 Å². The zero-order valence-electron chi connectivity index (χ0n) is 14.6. The van der Waals surface area contributed by atoms with E-state index in [1.807, 2.05) is 12.2 Å². The minimum absolute atomic E-state index is 0.152. The van der Waals surface area contributed by atoms with Crippen molar-refractivity contribution >= 4 is 17.7 Å². The predicted octanol–water partition coefficient (Wildman–Crippen LogP) is -0.475. The van der Waals surface area contributed by atoms with Crippen molar-refractivity contribution in [2.75, 3.05) is 26.2 Å². The molecular weight excluding hydrogens is 334 g/mol. The van der Waals surface area contributed by atoms with E-state index < -0.39 is 11.8 Å². The maximum Gasteiger partial charge on any atom is 0.240 e. The van der Waals surface area contributed by atoms with E-state index in [1.54, 1.807) is 0 Å².